The predicted octanol–water partition coefficient (Wildman–Crippen LogP) is 6.19. The fraction of sp³-hybridized carbons (Fsp3) is 0.889. The predicted molar refractivity (Wildman–Crippen MR) is 90.8 cm³/mol. The molecule has 0 spiro atoms. The van der Waals surface area contributed by atoms with Crippen LogP contribution in [0.5, 0.6) is 0 Å². The molecule has 0 atom stereocenters. The summed E-state index contributed by atoms with van der Waals surface area (Å²) in [6.45, 7) is 0. The first kappa shape index (κ1) is 20.6. The first-order valence-electron chi connectivity index (χ1n) is 8.89. The third-order valence-electron chi connectivity index (χ3n) is 3.95. The van der Waals surface area contributed by atoms with E-state index in [4.69, 9.17) is 11.6 Å². The minimum absolute atomic E-state index is 0.196. The summed E-state index contributed by atoms with van der Waals surface area (Å²) in [6, 6.07) is 0. The van der Waals surface area contributed by atoms with E-state index < -0.39 is 0 Å². The van der Waals surface area contributed by atoms with Crippen molar-refractivity contribution in [2.45, 2.75) is 103 Å². The van der Waals surface area contributed by atoms with E-state index >= 15 is 0 Å². The molecule has 21 heavy (non-hydrogen) atoms. The van der Waals surface area contributed by atoms with Crippen LogP contribution in [-0.2, 0) is 9.59 Å². The molecule has 2 nitrogen and oxygen atoms in total. The highest BCUT2D eigenvalue weighted by Crippen LogP contribution is 2.13. The average Bonchev–Trinajstić information content (AvgIpc) is 2.46. The van der Waals surface area contributed by atoms with E-state index in [1.54, 1.807) is 0 Å². The third kappa shape index (κ3) is 19.6. The summed E-state index contributed by atoms with van der Waals surface area (Å²) in [6.07, 6.45) is 20.0. The second-order valence-corrected chi connectivity index (χ2v) is 6.43. The van der Waals surface area contributed by atoms with Crippen molar-refractivity contribution in [3.63, 3.8) is 0 Å². The van der Waals surface area contributed by atoms with Crippen molar-refractivity contribution >= 4 is 23.1 Å². The summed E-state index contributed by atoms with van der Waals surface area (Å²) in [5.74, 6) is 0. The van der Waals surface area contributed by atoms with Crippen LogP contribution in [0.15, 0.2) is 0 Å². The zero-order valence-electron chi connectivity index (χ0n) is 13.6. The van der Waals surface area contributed by atoms with Crippen LogP contribution >= 0.6 is 11.6 Å². The molecule has 0 saturated carbocycles. The fourth-order valence-corrected chi connectivity index (χ4v) is 2.75. The van der Waals surface area contributed by atoms with Crippen molar-refractivity contribution in [2.75, 3.05) is 0 Å². The van der Waals surface area contributed by atoms with Gasteiger partial charge in [0, 0.05) is 12.8 Å². The highest BCUT2D eigenvalue weighted by Gasteiger charge is 1.96. The Bertz CT molecular complexity index is 241. The number of carbonyl (C=O) groups is 2. The van der Waals surface area contributed by atoms with Crippen LogP contribution in [0, 0.1) is 0 Å². The topological polar surface area (TPSA) is 34.1 Å². The van der Waals surface area contributed by atoms with Gasteiger partial charge < -0.3 is 4.79 Å². The molecule has 0 radical (unpaired) electrons. The number of aldehydes is 1. The standard InChI is InChI=1S/C18H33ClO2/c19-18(21)16-14-12-10-8-6-4-2-1-3-5-7-9-11-13-15-17-20/h17H,1-16H2. The van der Waals surface area contributed by atoms with E-state index in [0.29, 0.717) is 6.42 Å². The number of rotatable bonds is 17. The molecule has 0 aliphatic heterocycles. The monoisotopic (exact) mass is 316 g/mol. The van der Waals surface area contributed by atoms with Crippen LogP contribution in [0.4, 0.5) is 0 Å². The van der Waals surface area contributed by atoms with Crippen molar-refractivity contribution < 1.29 is 9.59 Å². The maximum atomic E-state index is 10.5. The molecule has 0 aromatic rings. The van der Waals surface area contributed by atoms with Crippen LogP contribution in [0.25, 0.3) is 0 Å². The second-order valence-electron chi connectivity index (χ2n) is 6.01. The number of carbonyl (C=O) groups excluding carboxylic acids is 2. The van der Waals surface area contributed by atoms with Crippen molar-refractivity contribution in [1.82, 2.24) is 0 Å². The van der Waals surface area contributed by atoms with E-state index in [0.717, 1.165) is 32.0 Å². The normalized spacial score (nSPS) is 10.7. The Labute approximate surface area is 136 Å². The smallest absolute Gasteiger partial charge is 0.221 e. The molecule has 0 rings (SSSR count). The van der Waals surface area contributed by atoms with Gasteiger partial charge >= 0.3 is 0 Å². The highest BCUT2D eigenvalue weighted by molar-refractivity contribution is 6.63. The van der Waals surface area contributed by atoms with Crippen molar-refractivity contribution in [1.29, 1.82) is 0 Å². The molecule has 0 aromatic heterocycles. The van der Waals surface area contributed by atoms with Gasteiger partial charge in [0.25, 0.3) is 0 Å². The Balaban J connectivity index is 2.96. The Morgan fingerprint density at radius 2 is 0.952 bits per heavy atom. The van der Waals surface area contributed by atoms with E-state index in [1.165, 1.54) is 70.6 Å². The molecule has 0 amide bonds. The summed E-state index contributed by atoms with van der Waals surface area (Å²) in [5.41, 5.74) is 0. The third-order valence-corrected chi connectivity index (χ3v) is 4.13. The van der Waals surface area contributed by atoms with E-state index in [9.17, 15) is 9.59 Å². The summed E-state index contributed by atoms with van der Waals surface area (Å²) in [7, 11) is 0. The molecule has 0 bridgehead atoms. The maximum absolute atomic E-state index is 10.5. The SMILES string of the molecule is O=CCCCCCCCCCCCCCCCCC(=O)Cl. The van der Waals surface area contributed by atoms with Crippen LogP contribution < -0.4 is 0 Å². The highest BCUT2D eigenvalue weighted by atomic mass is 35.5. The lowest BCUT2D eigenvalue weighted by Crippen LogP contribution is -1.86. The maximum Gasteiger partial charge on any atom is 0.221 e. The molecule has 0 saturated heterocycles. The summed E-state index contributed by atoms with van der Waals surface area (Å²) < 4.78 is 0. The fourth-order valence-electron chi connectivity index (χ4n) is 2.61. The molecule has 0 aromatic carbocycles. The first-order chi connectivity index (χ1) is 10.3. The van der Waals surface area contributed by atoms with Crippen molar-refractivity contribution in [3.8, 4) is 0 Å². The Hall–Kier alpha value is -0.370. The van der Waals surface area contributed by atoms with E-state index in [-0.39, 0.29) is 5.24 Å². The van der Waals surface area contributed by atoms with E-state index in [1.807, 2.05) is 0 Å². The van der Waals surface area contributed by atoms with Gasteiger partial charge in [0.15, 0.2) is 0 Å². The largest absolute Gasteiger partial charge is 0.303 e. The second kappa shape index (κ2) is 17.7. The van der Waals surface area contributed by atoms with Gasteiger partial charge in [-0.3, -0.25) is 4.79 Å². The molecule has 0 aliphatic rings. The quantitative estimate of drug-likeness (QED) is 0.182. The summed E-state index contributed by atoms with van der Waals surface area (Å²) in [5, 5.41) is -0.196. The van der Waals surface area contributed by atoms with Gasteiger partial charge in [0.2, 0.25) is 5.24 Å². The molecule has 0 aliphatic carbocycles. The van der Waals surface area contributed by atoms with Gasteiger partial charge in [-0.1, -0.05) is 77.0 Å². The lowest BCUT2D eigenvalue weighted by atomic mass is 10.0. The van der Waals surface area contributed by atoms with Gasteiger partial charge in [-0.15, -0.1) is 0 Å². The van der Waals surface area contributed by atoms with E-state index in [2.05, 4.69) is 0 Å². The Morgan fingerprint density at radius 3 is 1.29 bits per heavy atom. The Morgan fingerprint density at radius 1 is 0.619 bits per heavy atom. The molecule has 0 fully saturated rings. The number of unbranched alkanes of at least 4 members (excludes halogenated alkanes) is 14. The van der Waals surface area contributed by atoms with Crippen LogP contribution in [0.2, 0.25) is 0 Å². The zero-order valence-corrected chi connectivity index (χ0v) is 14.3. The van der Waals surface area contributed by atoms with Crippen molar-refractivity contribution in [2.24, 2.45) is 0 Å². The van der Waals surface area contributed by atoms with Gasteiger partial charge in [-0.2, -0.15) is 0 Å². The molecule has 0 N–H and O–H groups in total. The number of hydrogen-bond acceptors (Lipinski definition) is 2. The molecule has 0 heterocycles. The minimum Gasteiger partial charge on any atom is -0.303 e. The molecular formula is C18H33ClO2. The van der Waals surface area contributed by atoms with Gasteiger partial charge in [0.1, 0.15) is 6.29 Å². The lowest BCUT2D eigenvalue weighted by molar-refractivity contribution is -0.111. The molecule has 0 unspecified atom stereocenters. The Kier molecular flexibility index (Phi) is 17.4. The van der Waals surface area contributed by atoms with Crippen molar-refractivity contribution in [3.05, 3.63) is 0 Å². The van der Waals surface area contributed by atoms with Crippen LogP contribution in [-0.4, -0.2) is 11.5 Å². The summed E-state index contributed by atoms with van der Waals surface area (Å²) in [4.78, 5) is 20.7. The van der Waals surface area contributed by atoms with Crippen LogP contribution in [0.3, 0.4) is 0 Å². The minimum atomic E-state index is -0.196. The first-order valence-corrected chi connectivity index (χ1v) is 9.27. The zero-order chi connectivity index (χ0) is 15.6. The summed E-state index contributed by atoms with van der Waals surface area (Å²) >= 11 is 5.29. The number of halogens is 1. The molecule has 3 heteroatoms. The van der Waals surface area contributed by atoms with Gasteiger partial charge in [-0.25, -0.2) is 0 Å². The molecule has 124 valence electrons. The van der Waals surface area contributed by atoms with Crippen LogP contribution in [0.1, 0.15) is 103 Å². The lowest BCUT2D eigenvalue weighted by Gasteiger charge is -2.03. The number of hydrogen-bond donors (Lipinski definition) is 0. The molecular weight excluding hydrogens is 284 g/mol. The van der Waals surface area contributed by atoms with Gasteiger partial charge in [-0.05, 0) is 24.4 Å². The van der Waals surface area contributed by atoms with Gasteiger partial charge in [0.05, 0.1) is 0 Å². The average molecular weight is 317 g/mol.